The summed E-state index contributed by atoms with van der Waals surface area (Å²) in [5.74, 6) is 0.101. The summed E-state index contributed by atoms with van der Waals surface area (Å²) >= 11 is 6.44. The van der Waals surface area contributed by atoms with Crippen molar-refractivity contribution in [1.82, 2.24) is 14.8 Å². The average molecular weight is 563 g/mol. The lowest BCUT2D eigenvalue weighted by Crippen LogP contribution is -2.23. The summed E-state index contributed by atoms with van der Waals surface area (Å²) in [6.45, 7) is 9.30. The normalized spacial score (nSPS) is 11.1. The van der Waals surface area contributed by atoms with E-state index in [0.29, 0.717) is 39.5 Å². The van der Waals surface area contributed by atoms with Crippen LogP contribution in [0.4, 0.5) is 16.3 Å². The number of nitrogens with zero attached hydrogens (tertiary/aromatic N) is 3. The number of carbonyl (C=O) groups excluding carboxylic acids is 3. The number of pyridine rings is 1. The molecule has 0 aliphatic carbocycles. The van der Waals surface area contributed by atoms with Crippen LogP contribution in [0.5, 0.6) is 17.2 Å². The first-order chi connectivity index (χ1) is 18.9. The fourth-order valence-electron chi connectivity index (χ4n) is 3.75. The Labute approximate surface area is 234 Å². The van der Waals surface area contributed by atoms with Crippen molar-refractivity contribution in [2.75, 3.05) is 17.7 Å². The fraction of sp³-hybridized carbons (Fsp3) is 0.179. The minimum atomic E-state index is -0.656. The van der Waals surface area contributed by atoms with Gasteiger partial charge in [0, 0.05) is 35.2 Å². The number of primary amides is 1. The van der Waals surface area contributed by atoms with Gasteiger partial charge in [-0.1, -0.05) is 39.0 Å². The van der Waals surface area contributed by atoms with Gasteiger partial charge in [-0.2, -0.15) is 9.78 Å². The van der Waals surface area contributed by atoms with E-state index in [1.165, 1.54) is 13.2 Å². The van der Waals surface area contributed by atoms with Crippen LogP contribution in [0.1, 0.15) is 41.6 Å². The molecule has 2 aromatic heterocycles. The maximum atomic E-state index is 12.8. The monoisotopic (exact) mass is 562 g/mol. The molecule has 0 radical (unpaired) electrons. The van der Waals surface area contributed by atoms with Crippen LogP contribution < -0.4 is 25.8 Å². The SMILES string of the molecule is C=CC(=O)n1nc(C(C)(C)C)cc1NC(=O)Nc1ccc(Oc2ccnc3cc(OC)c(C(N)=O)cc23)cc1Cl. The second kappa shape index (κ2) is 11.1. The number of aromatic nitrogens is 3. The molecule has 40 heavy (non-hydrogen) atoms. The molecule has 4 N–H and O–H groups in total. The van der Waals surface area contributed by atoms with Crippen LogP contribution in [-0.2, 0) is 5.41 Å². The van der Waals surface area contributed by atoms with Gasteiger partial charge in [-0.25, -0.2) is 4.79 Å². The van der Waals surface area contributed by atoms with Gasteiger partial charge in [-0.15, -0.1) is 0 Å². The quantitative estimate of drug-likeness (QED) is 0.242. The van der Waals surface area contributed by atoms with Crippen LogP contribution in [0.15, 0.2) is 61.3 Å². The Morgan fingerprint density at radius 3 is 2.45 bits per heavy atom. The van der Waals surface area contributed by atoms with E-state index in [1.807, 2.05) is 20.8 Å². The van der Waals surface area contributed by atoms with Gasteiger partial charge >= 0.3 is 6.03 Å². The summed E-state index contributed by atoms with van der Waals surface area (Å²) in [6.07, 6.45) is 2.66. The highest BCUT2D eigenvalue weighted by Gasteiger charge is 2.23. The highest BCUT2D eigenvalue weighted by molar-refractivity contribution is 6.34. The molecule has 0 saturated heterocycles. The largest absolute Gasteiger partial charge is 0.496 e. The molecule has 12 heteroatoms. The number of benzene rings is 2. The van der Waals surface area contributed by atoms with Gasteiger partial charge in [0.25, 0.3) is 11.8 Å². The lowest BCUT2D eigenvalue weighted by atomic mass is 9.92. The molecule has 0 unspecified atom stereocenters. The highest BCUT2D eigenvalue weighted by atomic mass is 35.5. The van der Waals surface area contributed by atoms with Crippen molar-refractivity contribution in [2.45, 2.75) is 26.2 Å². The van der Waals surface area contributed by atoms with Crippen molar-refractivity contribution in [3.05, 3.63) is 77.6 Å². The Morgan fingerprint density at radius 2 is 1.82 bits per heavy atom. The Hall–Kier alpha value is -4.90. The number of carbonyl (C=O) groups is 3. The number of methoxy groups -OCH3 is 1. The second-order valence-electron chi connectivity index (χ2n) is 9.68. The minimum absolute atomic E-state index is 0.180. The first kappa shape index (κ1) is 28.1. The molecule has 2 heterocycles. The van der Waals surface area contributed by atoms with Crippen LogP contribution in [0, 0.1) is 0 Å². The molecule has 3 amide bonds. The third-order valence-corrected chi connectivity index (χ3v) is 6.12. The van der Waals surface area contributed by atoms with E-state index in [9.17, 15) is 14.4 Å². The summed E-state index contributed by atoms with van der Waals surface area (Å²) in [5, 5.41) is 10.3. The van der Waals surface area contributed by atoms with Gasteiger partial charge in [0.2, 0.25) is 0 Å². The number of amides is 3. The van der Waals surface area contributed by atoms with Gasteiger partial charge in [0.05, 0.1) is 34.6 Å². The number of urea groups is 1. The zero-order chi connectivity index (χ0) is 29.2. The molecule has 206 valence electrons. The van der Waals surface area contributed by atoms with E-state index in [4.69, 9.17) is 26.8 Å². The van der Waals surface area contributed by atoms with Crippen molar-refractivity contribution >= 4 is 51.9 Å². The van der Waals surface area contributed by atoms with Gasteiger partial charge in [0.1, 0.15) is 23.1 Å². The molecule has 0 spiro atoms. The number of rotatable bonds is 7. The molecule has 4 aromatic rings. The van der Waals surface area contributed by atoms with Crippen LogP contribution in [0.3, 0.4) is 0 Å². The van der Waals surface area contributed by atoms with Gasteiger partial charge in [-0.05, 0) is 30.3 Å². The number of ether oxygens (including phenoxy) is 2. The molecule has 0 saturated carbocycles. The van der Waals surface area contributed by atoms with Gasteiger partial charge in [0.15, 0.2) is 0 Å². The average Bonchev–Trinajstić information content (AvgIpc) is 3.33. The van der Waals surface area contributed by atoms with E-state index in [-0.39, 0.29) is 21.8 Å². The summed E-state index contributed by atoms with van der Waals surface area (Å²) in [6, 6.07) is 10.5. The third kappa shape index (κ3) is 5.89. The van der Waals surface area contributed by atoms with Crippen LogP contribution in [-0.4, -0.2) is 39.7 Å². The fourth-order valence-corrected chi connectivity index (χ4v) is 3.97. The Morgan fingerprint density at radius 1 is 1.07 bits per heavy atom. The number of hydrogen-bond donors (Lipinski definition) is 3. The molecular formula is C28H27ClN6O5. The van der Waals surface area contributed by atoms with Crippen molar-refractivity contribution in [3.8, 4) is 17.2 Å². The van der Waals surface area contributed by atoms with Crippen molar-refractivity contribution in [2.24, 2.45) is 5.73 Å². The molecule has 0 bridgehead atoms. The second-order valence-corrected chi connectivity index (χ2v) is 10.1. The summed E-state index contributed by atoms with van der Waals surface area (Å²) < 4.78 is 12.3. The highest BCUT2D eigenvalue weighted by Crippen LogP contribution is 2.35. The molecule has 0 atom stereocenters. The molecule has 11 nitrogen and oxygen atoms in total. The number of nitrogens with two attached hydrogens (primary N) is 1. The van der Waals surface area contributed by atoms with E-state index in [0.717, 1.165) is 10.8 Å². The topological polar surface area (TPSA) is 150 Å². The Balaban J connectivity index is 1.55. The Bertz CT molecular complexity index is 1660. The van der Waals surface area contributed by atoms with E-state index in [1.54, 1.807) is 42.6 Å². The zero-order valence-corrected chi connectivity index (χ0v) is 23.0. The van der Waals surface area contributed by atoms with E-state index >= 15 is 0 Å². The van der Waals surface area contributed by atoms with Crippen LogP contribution >= 0.6 is 11.6 Å². The van der Waals surface area contributed by atoms with Gasteiger partial charge in [-0.3, -0.25) is 19.9 Å². The van der Waals surface area contributed by atoms with Gasteiger partial charge < -0.3 is 20.5 Å². The van der Waals surface area contributed by atoms with Crippen molar-refractivity contribution in [3.63, 3.8) is 0 Å². The smallest absolute Gasteiger partial charge is 0.324 e. The summed E-state index contributed by atoms with van der Waals surface area (Å²) in [4.78, 5) is 41.2. The number of fused-ring (bicyclic) bond motifs is 1. The van der Waals surface area contributed by atoms with Crippen LogP contribution in [0.25, 0.3) is 10.9 Å². The predicted octanol–water partition coefficient (Wildman–Crippen LogP) is 5.75. The molecule has 0 fully saturated rings. The van der Waals surface area contributed by atoms with E-state index in [2.05, 4.69) is 27.3 Å². The number of anilines is 2. The number of allylic oxidation sites excluding steroid dienone is 1. The molecule has 0 aliphatic heterocycles. The standard InChI is InChI=1S/C28H27ClN6O5/c1-6-25(36)35-24(14-23(34-35)28(2,3)4)33-27(38)32-19-8-7-15(11-18(19)29)40-21-9-10-31-20-13-22(39-5)17(26(30)37)12-16(20)21/h6-14H,1H2,2-5H3,(H2,30,37)(H2,32,33,38). The maximum absolute atomic E-state index is 12.8. The first-order valence-corrected chi connectivity index (χ1v) is 12.4. The zero-order valence-electron chi connectivity index (χ0n) is 22.2. The number of hydrogen-bond acceptors (Lipinski definition) is 7. The number of nitrogens with one attached hydrogen (secondary N) is 2. The molecule has 2 aromatic carbocycles. The van der Waals surface area contributed by atoms with E-state index < -0.39 is 17.8 Å². The lowest BCUT2D eigenvalue weighted by Gasteiger charge is -2.13. The van der Waals surface area contributed by atoms with Crippen molar-refractivity contribution in [1.29, 1.82) is 0 Å². The summed E-state index contributed by atoms with van der Waals surface area (Å²) in [7, 11) is 1.43. The van der Waals surface area contributed by atoms with Crippen molar-refractivity contribution < 1.29 is 23.9 Å². The Kier molecular flexibility index (Phi) is 7.78. The first-order valence-electron chi connectivity index (χ1n) is 12.0. The minimum Gasteiger partial charge on any atom is -0.496 e. The third-order valence-electron chi connectivity index (χ3n) is 5.81. The molecular weight excluding hydrogens is 536 g/mol. The predicted molar refractivity (Wildman–Crippen MR) is 153 cm³/mol. The maximum Gasteiger partial charge on any atom is 0.324 e. The molecule has 4 rings (SSSR count). The van der Waals surface area contributed by atoms with Crippen LogP contribution in [0.2, 0.25) is 5.02 Å². The molecule has 0 aliphatic rings. The summed E-state index contributed by atoms with van der Waals surface area (Å²) in [5.41, 5.74) is 6.76. The lowest BCUT2D eigenvalue weighted by molar-refractivity contribution is 0.0954. The number of halogens is 1.